The Morgan fingerprint density at radius 2 is 1.81 bits per heavy atom. The summed E-state index contributed by atoms with van der Waals surface area (Å²) in [5.74, 6) is -1.90. The number of hydrogen-bond acceptors (Lipinski definition) is 7. The second-order valence-electron chi connectivity index (χ2n) is 9.40. The fraction of sp³-hybridized carbons (Fsp3) is 0.259. The molecule has 0 radical (unpaired) electrons. The minimum atomic E-state index is -4.76. The summed E-state index contributed by atoms with van der Waals surface area (Å²) in [6.45, 7) is 2.85. The molecule has 5 rings (SSSR count). The molecule has 0 spiro atoms. The standard InChI is InChI=1S/C27H23F5N8O2/c28-18-3-2-16(27(30,31)32)12-21(18)38-26(41)37-20-4-1-15(11-19(20)29)23-17(5-6-33)22(13-39-7-9-42-10-8-39)40-24(23)25(34)35-14-36-40/h1-4,11-12,14H,5,7-10,13H2,(H2,34,35,36)(H2,37,38,41). The number of fused-ring (bicyclic) bond motifs is 1. The molecule has 218 valence electrons. The predicted molar refractivity (Wildman–Crippen MR) is 142 cm³/mol. The summed E-state index contributed by atoms with van der Waals surface area (Å²) in [5.41, 5.74) is 6.39. The molecular weight excluding hydrogens is 563 g/mol. The van der Waals surface area contributed by atoms with Gasteiger partial charge in [0.1, 0.15) is 23.5 Å². The van der Waals surface area contributed by atoms with Gasteiger partial charge in [-0.1, -0.05) is 6.07 Å². The van der Waals surface area contributed by atoms with Crippen molar-refractivity contribution in [1.29, 1.82) is 5.26 Å². The van der Waals surface area contributed by atoms with Gasteiger partial charge in [-0.3, -0.25) is 4.90 Å². The lowest BCUT2D eigenvalue weighted by Gasteiger charge is -2.26. The van der Waals surface area contributed by atoms with Crippen LogP contribution in [0.2, 0.25) is 0 Å². The van der Waals surface area contributed by atoms with Gasteiger partial charge in [-0.2, -0.15) is 23.5 Å². The first-order chi connectivity index (χ1) is 20.1. The Kier molecular flexibility index (Phi) is 7.92. The molecule has 1 aliphatic rings. The number of morpholine rings is 1. The van der Waals surface area contributed by atoms with Crippen molar-refractivity contribution in [2.75, 3.05) is 42.7 Å². The van der Waals surface area contributed by atoms with Gasteiger partial charge in [-0.05, 0) is 41.5 Å². The summed E-state index contributed by atoms with van der Waals surface area (Å²) >= 11 is 0. The highest BCUT2D eigenvalue weighted by atomic mass is 19.4. The van der Waals surface area contributed by atoms with Crippen LogP contribution in [0.5, 0.6) is 0 Å². The minimum absolute atomic E-state index is 0.0373. The van der Waals surface area contributed by atoms with Crippen LogP contribution in [0.4, 0.5) is 43.9 Å². The first-order valence-electron chi connectivity index (χ1n) is 12.6. The molecule has 0 unspecified atom stereocenters. The molecule has 0 atom stereocenters. The lowest BCUT2D eigenvalue weighted by molar-refractivity contribution is -0.137. The van der Waals surface area contributed by atoms with Crippen molar-refractivity contribution in [3.63, 3.8) is 0 Å². The quantitative estimate of drug-likeness (QED) is 0.276. The van der Waals surface area contributed by atoms with E-state index in [9.17, 15) is 27.6 Å². The second-order valence-corrected chi connectivity index (χ2v) is 9.40. The van der Waals surface area contributed by atoms with E-state index in [1.165, 1.54) is 18.5 Å². The number of rotatable bonds is 6. The summed E-state index contributed by atoms with van der Waals surface area (Å²) < 4.78 is 75.3. The van der Waals surface area contributed by atoms with E-state index in [-0.39, 0.29) is 17.9 Å². The number of nitrogens with zero attached hydrogens (tertiary/aromatic N) is 5. The van der Waals surface area contributed by atoms with Crippen molar-refractivity contribution in [2.45, 2.75) is 19.1 Å². The maximum Gasteiger partial charge on any atom is 0.416 e. The Balaban J connectivity index is 1.47. The number of nitrogen functional groups attached to an aromatic ring is 1. The van der Waals surface area contributed by atoms with Gasteiger partial charge in [0.15, 0.2) is 5.82 Å². The number of carbonyl (C=O) groups is 1. The van der Waals surface area contributed by atoms with Gasteiger partial charge in [-0.15, -0.1) is 0 Å². The predicted octanol–water partition coefficient (Wildman–Crippen LogP) is 4.82. The first-order valence-corrected chi connectivity index (χ1v) is 12.6. The average molecular weight is 587 g/mol. The van der Waals surface area contributed by atoms with Crippen molar-refractivity contribution in [3.8, 4) is 17.2 Å². The molecule has 1 aliphatic heterocycles. The van der Waals surface area contributed by atoms with E-state index in [4.69, 9.17) is 10.5 Å². The monoisotopic (exact) mass is 586 g/mol. The van der Waals surface area contributed by atoms with Crippen LogP contribution in [-0.4, -0.2) is 51.8 Å². The maximum atomic E-state index is 15.3. The van der Waals surface area contributed by atoms with E-state index < -0.39 is 35.1 Å². The number of nitriles is 1. The molecule has 42 heavy (non-hydrogen) atoms. The Hall–Kier alpha value is -4.81. The number of anilines is 3. The molecule has 15 heteroatoms. The molecule has 4 aromatic rings. The number of aromatic nitrogens is 3. The van der Waals surface area contributed by atoms with Gasteiger partial charge < -0.3 is 21.1 Å². The Morgan fingerprint density at radius 3 is 2.50 bits per heavy atom. The normalized spacial score (nSPS) is 14.1. The molecule has 1 fully saturated rings. The Labute approximate surface area is 235 Å². The van der Waals surface area contributed by atoms with E-state index in [0.717, 1.165) is 6.07 Å². The number of urea groups is 1. The molecule has 3 heterocycles. The highest BCUT2D eigenvalue weighted by molar-refractivity contribution is 6.00. The molecule has 0 saturated carbocycles. The second kappa shape index (κ2) is 11.6. The molecule has 2 amide bonds. The molecule has 2 aromatic heterocycles. The van der Waals surface area contributed by atoms with Gasteiger partial charge in [0, 0.05) is 25.2 Å². The van der Waals surface area contributed by atoms with Crippen LogP contribution < -0.4 is 16.4 Å². The molecule has 4 N–H and O–H groups in total. The van der Waals surface area contributed by atoms with Gasteiger partial charge in [0.25, 0.3) is 0 Å². The number of ether oxygens (including phenoxy) is 1. The fourth-order valence-corrected chi connectivity index (χ4v) is 4.78. The number of halogens is 5. The third-order valence-electron chi connectivity index (χ3n) is 6.74. The van der Waals surface area contributed by atoms with Crippen LogP contribution in [0.25, 0.3) is 16.6 Å². The van der Waals surface area contributed by atoms with Crippen molar-refractivity contribution in [3.05, 3.63) is 71.2 Å². The van der Waals surface area contributed by atoms with Gasteiger partial charge in [0.2, 0.25) is 0 Å². The van der Waals surface area contributed by atoms with Crippen molar-refractivity contribution < 1.29 is 31.5 Å². The zero-order chi connectivity index (χ0) is 30.0. The number of nitrogens with one attached hydrogen (secondary N) is 2. The number of alkyl halides is 3. The van der Waals surface area contributed by atoms with E-state index in [1.54, 1.807) is 4.52 Å². The smallest absolute Gasteiger partial charge is 0.382 e. The van der Waals surface area contributed by atoms with Crippen LogP contribution in [-0.2, 0) is 23.9 Å². The van der Waals surface area contributed by atoms with E-state index in [1.807, 2.05) is 5.32 Å². The van der Waals surface area contributed by atoms with E-state index in [2.05, 4.69) is 26.4 Å². The minimum Gasteiger partial charge on any atom is -0.382 e. The van der Waals surface area contributed by atoms with Gasteiger partial charge in [0.05, 0.1) is 48.3 Å². The molecule has 10 nitrogen and oxygen atoms in total. The summed E-state index contributed by atoms with van der Waals surface area (Å²) in [7, 11) is 0. The fourth-order valence-electron chi connectivity index (χ4n) is 4.78. The average Bonchev–Trinajstić information content (AvgIpc) is 3.25. The lowest BCUT2D eigenvalue weighted by atomic mass is 9.98. The maximum absolute atomic E-state index is 15.3. The van der Waals surface area contributed by atoms with Crippen molar-refractivity contribution in [2.24, 2.45) is 0 Å². The van der Waals surface area contributed by atoms with Gasteiger partial charge >= 0.3 is 12.2 Å². The Morgan fingerprint density at radius 1 is 1.07 bits per heavy atom. The van der Waals surface area contributed by atoms with Gasteiger partial charge in [-0.25, -0.2) is 23.1 Å². The summed E-state index contributed by atoms with van der Waals surface area (Å²) in [6, 6.07) is 6.33. The molecule has 1 saturated heterocycles. The number of benzene rings is 2. The largest absolute Gasteiger partial charge is 0.416 e. The molecular formula is C27H23F5N8O2. The number of carbonyl (C=O) groups excluding carboxylic acids is 1. The van der Waals surface area contributed by atoms with Crippen molar-refractivity contribution in [1.82, 2.24) is 19.5 Å². The van der Waals surface area contributed by atoms with Crippen LogP contribution in [0, 0.1) is 23.0 Å². The number of nitrogens with two attached hydrogens (primary N) is 1. The first kappa shape index (κ1) is 28.7. The van der Waals surface area contributed by atoms with E-state index in [0.29, 0.717) is 78.9 Å². The van der Waals surface area contributed by atoms with Crippen molar-refractivity contribution >= 4 is 28.7 Å². The summed E-state index contributed by atoms with van der Waals surface area (Å²) in [6.07, 6.45) is -3.51. The van der Waals surface area contributed by atoms with Crippen LogP contribution in [0.3, 0.4) is 0 Å². The van der Waals surface area contributed by atoms with Crippen LogP contribution in [0.1, 0.15) is 16.8 Å². The lowest BCUT2D eigenvalue weighted by Crippen LogP contribution is -2.36. The summed E-state index contributed by atoms with van der Waals surface area (Å²) in [5, 5.41) is 18.1. The van der Waals surface area contributed by atoms with Crippen LogP contribution in [0.15, 0.2) is 42.7 Å². The number of hydrogen-bond donors (Lipinski definition) is 3. The third-order valence-corrected chi connectivity index (χ3v) is 6.74. The third kappa shape index (κ3) is 5.80. The SMILES string of the molecule is N#CCc1c(-c2ccc(NC(=O)Nc3cc(C(F)(F)F)ccc3F)c(F)c2)c2c(N)ncnn2c1CN1CCOCC1. The van der Waals surface area contributed by atoms with E-state index >= 15 is 4.39 Å². The summed E-state index contributed by atoms with van der Waals surface area (Å²) in [4.78, 5) is 18.6. The zero-order valence-electron chi connectivity index (χ0n) is 21.8. The highest BCUT2D eigenvalue weighted by Gasteiger charge is 2.31. The molecule has 0 bridgehead atoms. The number of amides is 2. The molecule has 2 aromatic carbocycles. The topological polar surface area (TPSA) is 134 Å². The zero-order valence-corrected chi connectivity index (χ0v) is 21.8. The van der Waals surface area contributed by atoms with Crippen LogP contribution >= 0.6 is 0 Å². The molecule has 0 aliphatic carbocycles. The highest BCUT2D eigenvalue weighted by Crippen LogP contribution is 2.37. The Bertz CT molecular complexity index is 1690.